The Labute approximate surface area is 114 Å². The Bertz CT molecular complexity index is 504. The van der Waals surface area contributed by atoms with Gasteiger partial charge in [0.1, 0.15) is 0 Å². The summed E-state index contributed by atoms with van der Waals surface area (Å²) < 4.78 is 0. The lowest BCUT2D eigenvalue weighted by molar-refractivity contribution is 0.463. The van der Waals surface area contributed by atoms with Crippen LogP contribution in [0, 0.1) is 0 Å². The van der Waals surface area contributed by atoms with Gasteiger partial charge in [-0.2, -0.15) is 0 Å². The van der Waals surface area contributed by atoms with Crippen molar-refractivity contribution in [3.63, 3.8) is 0 Å². The van der Waals surface area contributed by atoms with Crippen molar-refractivity contribution in [1.82, 2.24) is 10.3 Å². The number of nitrogens with one attached hydrogen (secondary N) is 2. The highest BCUT2D eigenvalue weighted by atomic mass is 35.5. The molecular formula is C15H21ClN2. The number of halogens is 1. The van der Waals surface area contributed by atoms with Gasteiger partial charge in [0.2, 0.25) is 0 Å². The molecule has 1 atom stereocenters. The van der Waals surface area contributed by atoms with Crippen molar-refractivity contribution in [1.29, 1.82) is 0 Å². The van der Waals surface area contributed by atoms with Crippen molar-refractivity contribution in [3.8, 4) is 0 Å². The maximum Gasteiger partial charge on any atom is 0.0472 e. The molecule has 3 heteroatoms. The van der Waals surface area contributed by atoms with E-state index in [1.807, 2.05) is 12.1 Å². The molecule has 1 aromatic carbocycles. The number of benzene rings is 1. The van der Waals surface area contributed by atoms with Gasteiger partial charge in [0.15, 0.2) is 0 Å². The molecule has 0 aliphatic heterocycles. The largest absolute Gasteiger partial charge is 0.361 e. The molecule has 1 aromatic heterocycles. The first-order valence-corrected chi connectivity index (χ1v) is 7.11. The zero-order valence-corrected chi connectivity index (χ0v) is 11.8. The molecule has 18 heavy (non-hydrogen) atoms. The average molecular weight is 265 g/mol. The predicted molar refractivity (Wildman–Crippen MR) is 79.1 cm³/mol. The fourth-order valence-electron chi connectivity index (χ4n) is 2.36. The van der Waals surface area contributed by atoms with Crippen molar-refractivity contribution >= 4 is 22.5 Å². The number of rotatable bonds is 6. The molecule has 1 heterocycles. The molecule has 2 aromatic rings. The summed E-state index contributed by atoms with van der Waals surface area (Å²) in [4.78, 5) is 3.28. The summed E-state index contributed by atoms with van der Waals surface area (Å²) in [5, 5.41) is 5.67. The third-order valence-electron chi connectivity index (χ3n) is 3.44. The maximum absolute atomic E-state index is 5.98. The molecule has 0 amide bonds. The van der Waals surface area contributed by atoms with Gasteiger partial charge in [-0.25, -0.2) is 0 Å². The first kappa shape index (κ1) is 13.4. The first-order valence-electron chi connectivity index (χ1n) is 6.73. The van der Waals surface area contributed by atoms with Crippen LogP contribution in [0.5, 0.6) is 0 Å². The van der Waals surface area contributed by atoms with Crippen LogP contribution in [0.15, 0.2) is 24.4 Å². The van der Waals surface area contributed by atoms with Gasteiger partial charge in [-0.05, 0) is 30.5 Å². The summed E-state index contributed by atoms with van der Waals surface area (Å²) in [7, 11) is 0. The third-order valence-corrected chi connectivity index (χ3v) is 3.68. The van der Waals surface area contributed by atoms with E-state index in [0.29, 0.717) is 6.04 Å². The first-order chi connectivity index (χ1) is 8.74. The summed E-state index contributed by atoms with van der Waals surface area (Å²) in [6, 6.07) is 6.63. The average Bonchev–Trinajstić information content (AvgIpc) is 2.76. The highest BCUT2D eigenvalue weighted by molar-refractivity contribution is 6.31. The zero-order chi connectivity index (χ0) is 13.0. The number of aromatic amines is 1. The second kappa shape index (κ2) is 6.26. The van der Waals surface area contributed by atoms with Crippen LogP contribution in [-0.4, -0.2) is 11.0 Å². The number of hydrogen-bond donors (Lipinski definition) is 2. The van der Waals surface area contributed by atoms with Gasteiger partial charge in [-0.15, -0.1) is 0 Å². The van der Waals surface area contributed by atoms with Crippen LogP contribution in [0.3, 0.4) is 0 Å². The van der Waals surface area contributed by atoms with Gasteiger partial charge >= 0.3 is 0 Å². The molecule has 0 aliphatic rings. The summed E-state index contributed by atoms with van der Waals surface area (Å²) >= 11 is 5.98. The quantitative estimate of drug-likeness (QED) is 0.791. The summed E-state index contributed by atoms with van der Waals surface area (Å²) in [5.41, 5.74) is 2.43. The Kier molecular flexibility index (Phi) is 4.67. The number of H-pyrrole nitrogens is 1. The van der Waals surface area contributed by atoms with E-state index in [9.17, 15) is 0 Å². The van der Waals surface area contributed by atoms with Crippen molar-refractivity contribution in [2.75, 3.05) is 0 Å². The van der Waals surface area contributed by atoms with E-state index in [-0.39, 0.29) is 0 Å². The van der Waals surface area contributed by atoms with E-state index < -0.39 is 0 Å². The Balaban J connectivity index is 2.07. The summed E-state index contributed by atoms with van der Waals surface area (Å²) in [6.45, 7) is 5.39. The minimum Gasteiger partial charge on any atom is -0.361 e. The Morgan fingerprint density at radius 2 is 2.17 bits per heavy atom. The van der Waals surface area contributed by atoms with Crippen LogP contribution in [0.4, 0.5) is 0 Å². The SMILES string of the molecule is CCCC(CC)NCc1c[nH]c2cc(Cl)ccc12. The Hall–Kier alpha value is -0.990. The van der Waals surface area contributed by atoms with Gasteiger partial charge in [0.05, 0.1) is 0 Å². The summed E-state index contributed by atoms with van der Waals surface area (Å²) in [6.07, 6.45) is 5.73. The second-order valence-electron chi connectivity index (χ2n) is 4.78. The van der Waals surface area contributed by atoms with Crippen molar-refractivity contribution in [2.24, 2.45) is 0 Å². The van der Waals surface area contributed by atoms with Crippen LogP contribution in [0.2, 0.25) is 5.02 Å². The normalized spacial score (nSPS) is 13.1. The van der Waals surface area contributed by atoms with Crippen LogP contribution >= 0.6 is 11.6 Å². The topological polar surface area (TPSA) is 27.8 Å². The minimum absolute atomic E-state index is 0.618. The molecule has 2 rings (SSSR count). The lowest BCUT2D eigenvalue weighted by atomic mass is 10.1. The molecule has 0 spiro atoms. The molecule has 2 nitrogen and oxygen atoms in total. The van der Waals surface area contributed by atoms with Crippen molar-refractivity contribution in [2.45, 2.75) is 45.7 Å². The summed E-state index contributed by atoms with van der Waals surface area (Å²) in [5.74, 6) is 0. The monoisotopic (exact) mass is 264 g/mol. The van der Waals surface area contributed by atoms with E-state index in [1.165, 1.54) is 30.2 Å². The second-order valence-corrected chi connectivity index (χ2v) is 5.22. The van der Waals surface area contributed by atoms with Crippen molar-refractivity contribution in [3.05, 3.63) is 35.0 Å². The van der Waals surface area contributed by atoms with E-state index >= 15 is 0 Å². The van der Waals surface area contributed by atoms with Crippen LogP contribution < -0.4 is 5.32 Å². The molecule has 0 fully saturated rings. The van der Waals surface area contributed by atoms with Crippen molar-refractivity contribution < 1.29 is 0 Å². The predicted octanol–water partition coefficient (Wildman–Crippen LogP) is 4.49. The third kappa shape index (κ3) is 3.06. The molecule has 0 saturated heterocycles. The molecule has 0 saturated carbocycles. The molecule has 0 aliphatic carbocycles. The highest BCUT2D eigenvalue weighted by Crippen LogP contribution is 2.22. The van der Waals surface area contributed by atoms with E-state index in [2.05, 4.69) is 36.4 Å². The van der Waals surface area contributed by atoms with E-state index in [0.717, 1.165) is 17.1 Å². The van der Waals surface area contributed by atoms with Crippen LogP contribution in [0.25, 0.3) is 10.9 Å². The Morgan fingerprint density at radius 1 is 1.33 bits per heavy atom. The number of hydrogen-bond acceptors (Lipinski definition) is 1. The van der Waals surface area contributed by atoms with E-state index in [1.54, 1.807) is 0 Å². The molecular weight excluding hydrogens is 244 g/mol. The maximum atomic E-state index is 5.98. The zero-order valence-electron chi connectivity index (χ0n) is 11.1. The molecule has 1 unspecified atom stereocenters. The molecule has 0 radical (unpaired) electrons. The van der Waals surface area contributed by atoms with E-state index in [4.69, 9.17) is 11.6 Å². The Morgan fingerprint density at radius 3 is 2.89 bits per heavy atom. The fourth-order valence-corrected chi connectivity index (χ4v) is 2.53. The lowest BCUT2D eigenvalue weighted by Crippen LogP contribution is -2.27. The highest BCUT2D eigenvalue weighted by Gasteiger charge is 2.07. The van der Waals surface area contributed by atoms with Gasteiger partial charge in [-0.3, -0.25) is 0 Å². The number of aromatic nitrogens is 1. The lowest BCUT2D eigenvalue weighted by Gasteiger charge is -2.15. The standard InChI is InChI=1S/C15H21ClN2/c1-3-5-13(4-2)17-9-11-10-18-15-8-12(16)6-7-14(11)15/h6-8,10,13,17-18H,3-5,9H2,1-2H3. The van der Waals surface area contributed by atoms with Gasteiger partial charge in [-0.1, -0.05) is 37.9 Å². The van der Waals surface area contributed by atoms with Crippen LogP contribution in [0.1, 0.15) is 38.7 Å². The molecule has 98 valence electrons. The fraction of sp³-hybridized carbons (Fsp3) is 0.467. The molecule has 0 bridgehead atoms. The minimum atomic E-state index is 0.618. The van der Waals surface area contributed by atoms with Gasteiger partial charge in [0, 0.05) is 34.7 Å². The van der Waals surface area contributed by atoms with Gasteiger partial charge in [0.25, 0.3) is 0 Å². The number of fused-ring (bicyclic) bond motifs is 1. The van der Waals surface area contributed by atoms with Crippen LogP contribution in [-0.2, 0) is 6.54 Å². The molecule has 2 N–H and O–H groups in total. The van der Waals surface area contributed by atoms with Gasteiger partial charge < -0.3 is 10.3 Å². The smallest absolute Gasteiger partial charge is 0.0472 e.